The summed E-state index contributed by atoms with van der Waals surface area (Å²) in [5, 5.41) is 6.06. The van der Waals surface area contributed by atoms with Crippen molar-refractivity contribution >= 4 is 40.0 Å². The summed E-state index contributed by atoms with van der Waals surface area (Å²) in [5.74, 6) is 1.04. The number of benzene rings is 2. The van der Waals surface area contributed by atoms with E-state index in [9.17, 15) is 4.79 Å². The molecule has 3 heterocycles. The van der Waals surface area contributed by atoms with Gasteiger partial charge in [-0.25, -0.2) is 9.97 Å². The van der Waals surface area contributed by atoms with Gasteiger partial charge in [-0.1, -0.05) is 24.3 Å². The molecule has 1 aliphatic rings. The van der Waals surface area contributed by atoms with Crippen molar-refractivity contribution in [1.82, 2.24) is 15.0 Å². The molecule has 0 spiro atoms. The first-order valence-electron chi connectivity index (χ1n) is 8.12. The van der Waals surface area contributed by atoms with E-state index in [1.165, 1.54) is 0 Å². The Bertz CT molecular complexity index is 1150. The molecular formula is C19H14N6O. The van der Waals surface area contributed by atoms with E-state index in [2.05, 4.69) is 25.6 Å². The van der Waals surface area contributed by atoms with E-state index in [4.69, 9.17) is 5.73 Å². The quantitative estimate of drug-likeness (QED) is 0.423. The lowest BCUT2D eigenvalue weighted by atomic mass is 10.1. The third kappa shape index (κ3) is 2.18. The highest BCUT2D eigenvalue weighted by atomic mass is 16.1. The number of amides is 1. The lowest BCUT2D eigenvalue weighted by molar-refractivity contribution is 0.102. The van der Waals surface area contributed by atoms with Crippen LogP contribution in [0.15, 0.2) is 54.6 Å². The largest absolute Gasteiger partial charge is 0.383 e. The number of nitrogen functional groups attached to an aromatic ring is 1. The summed E-state index contributed by atoms with van der Waals surface area (Å²) in [4.78, 5) is 24.9. The van der Waals surface area contributed by atoms with Gasteiger partial charge < -0.3 is 21.4 Å². The lowest BCUT2D eigenvalue weighted by Gasteiger charge is -2.10. The third-order valence-corrected chi connectivity index (χ3v) is 4.37. The molecule has 1 amide bonds. The molecule has 5 N–H and O–H groups in total. The van der Waals surface area contributed by atoms with Crippen LogP contribution in [0.2, 0.25) is 0 Å². The SMILES string of the molecule is Nc1nc2c(cc1-c1nc3ccccc3[nH]1)C(=O)Nc1ccccc1N2. The Labute approximate surface area is 148 Å². The predicted octanol–water partition coefficient (Wildman–Crippen LogP) is 3.52. The minimum Gasteiger partial charge on any atom is -0.383 e. The molecule has 2 aromatic carbocycles. The number of aromatic nitrogens is 3. The number of fused-ring (bicyclic) bond motifs is 3. The first kappa shape index (κ1) is 14.5. The summed E-state index contributed by atoms with van der Waals surface area (Å²) in [6.45, 7) is 0. The zero-order chi connectivity index (χ0) is 17.7. The van der Waals surface area contributed by atoms with Crippen molar-refractivity contribution in [2.24, 2.45) is 0 Å². The van der Waals surface area contributed by atoms with E-state index in [0.29, 0.717) is 34.3 Å². The summed E-state index contributed by atoms with van der Waals surface area (Å²) >= 11 is 0. The Kier molecular flexibility index (Phi) is 2.96. The van der Waals surface area contributed by atoms with Gasteiger partial charge in [-0.15, -0.1) is 0 Å². The molecule has 0 fully saturated rings. The van der Waals surface area contributed by atoms with Crippen LogP contribution in [0.25, 0.3) is 22.4 Å². The van der Waals surface area contributed by atoms with Gasteiger partial charge in [0.15, 0.2) is 0 Å². The van der Waals surface area contributed by atoms with Gasteiger partial charge in [0, 0.05) is 0 Å². The van der Waals surface area contributed by atoms with Crippen molar-refractivity contribution in [2.75, 3.05) is 16.4 Å². The smallest absolute Gasteiger partial charge is 0.259 e. The normalized spacial score (nSPS) is 12.7. The van der Waals surface area contributed by atoms with E-state index in [1.807, 2.05) is 48.5 Å². The maximum absolute atomic E-state index is 12.7. The van der Waals surface area contributed by atoms with Gasteiger partial charge in [0.05, 0.1) is 33.5 Å². The molecule has 0 aliphatic carbocycles. The van der Waals surface area contributed by atoms with Crippen LogP contribution in [-0.2, 0) is 0 Å². The summed E-state index contributed by atoms with van der Waals surface area (Å²) in [7, 11) is 0. The van der Waals surface area contributed by atoms with E-state index in [-0.39, 0.29) is 5.91 Å². The third-order valence-electron chi connectivity index (χ3n) is 4.37. The van der Waals surface area contributed by atoms with Gasteiger partial charge in [0.1, 0.15) is 17.5 Å². The van der Waals surface area contributed by atoms with Gasteiger partial charge in [-0.2, -0.15) is 0 Å². The topological polar surface area (TPSA) is 109 Å². The molecule has 0 unspecified atom stereocenters. The maximum atomic E-state index is 12.7. The number of nitrogens with zero attached hydrogens (tertiary/aromatic N) is 2. The number of rotatable bonds is 1. The van der Waals surface area contributed by atoms with Crippen LogP contribution in [0.1, 0.15) is 10.4 Å². The molecule has 0 saturated heterocycles. The Balaban J connectivity index is 1.67. The molecule has 7 nitrogen and oxygen atoms in total. The number of hydrogen-bond donors (Lipinski definition) is 4. The lowest BCUT2D eigenvalue weighted by Crippen LogP contribution is -2.12. The zero-order valence-electron chi connectivity index (χ0n) is 13.6. The molecule has 2 aromatic heterocycles. The van der Waals surface area contributed by atoms with Crippen LogP contribution in [-0.4, -0.2) is 20.9 Å². The Morgan fingerprint density at radius 1 is 0.846 bits per heavy atom. The van der Waals surface area contributed by atoms with Crippen LogP contribution in [0.5, 0.6) is 0 Å². The van der Waals surface area contributed by atoms with Crippen molar-refractivity contribution in [2.45, 2.75) is 0 Å². The highest BCUT2D eigenvalue weighted by Gasteiger charge is 2.23. The van der Waals surface area contributed by atoms with Gasteiger partial charge in [0.25, 0.3) is 5.91 Å². The first-order valence-corrected chi connectivity index (χ1v) is 8.12. The number of imidazole rings is 1. The van der Waals surface area contributed by atoms with Crippen LogP contribution in [0.4, 0.5) is 23.0 Å². The average molecular weight is 342 g/mol. The summed E-state index contributed by atoms with van der Waals surface area (Å²) < 4.78 is 0. The van der Waals surface area contributed by atoms with Crippen LogP contribution in [0, 0.1) is 0 Å². The molecule has 0 atom stereocenters. The van der Waals surface area contributed by atoms with E-state index in [0.717, 1.165) is 16.7 Å². The minimum absolute atomic E-state index is 0.248. The molecule has 0 saturated carbocycles. The fourth-order valence-corrected chi connectivity index (χ4v) is 3.08. The van der Waals surface area contributed by atoms with Crippen molar-refractivity contribution < 1.29 is 4.79 Å². The molecule has 126 valence electrons. The number of pyridine rings is 1. The highest BCUT2D eigenvalue weighted by Crippen LogP contribution is 2.34. The van der Waals surface area contributed by atoms with Crippen LogP contribution < -0.4 is 16.4 Å². The predicted molar refractivity (Wildman–Crippen MR) is 101 cm³/mol. The number of hydrogen-bond acceptors (Lipinski definition) is 5. The zero-order valence-corrected chi connectivity index (χ0v) is 13.6. The highest BCUT2D eigenvalue weighted by molar-refractivity contribution is 6.12. The summed E-state index contributed by atoms with van der Waals surface area (Å²) in [6, 6.07) is 16.8. The van der Waals surface area contributed by atoms with Gasteiger partial charge in [-0.05, 0) is 30.3 Å². The molecule has 26 heavy (non-hydrogen) atoms. The standard InChI is InChI=1S/C19H14N6O/c20-16-10(17-21-12-5-1-2-6-13(12)22-17)9-11-18(25-16)23-14-7-3-4-8-15(14)24-19(11)26/h1-9H,(H,21,22)(H,24,26)(H3,20,23,25). The second-order valence-corrected chi connectivity index (χ2v) is 6.04. The number of anilines is 4. The second kappa shape index (κ2) is 5.32. The number of nitrogens with one attached hydrogen (secondary N) is 3. The molecule has 4 aromatic rings. The van der Waals surface area contributed by atoms with Crippen molar-refractivity contribution in [3.63, 3.8) is 0 Å². The second-order valence-electron chi connectivity index (χ2n) is 6.04. The minimum atomic E-state index is -0.248. The average Bonchev–Trinajstić information content (AvgIpc) is 3.01. The fourth-order valence-electron chi connectivity index (χ4n) is 3.08. The van der Waals surface area contributed by atoms with Crippen LogP contribution >= 0.6 is 0 Å². The van der Waals surface area contributed by atoms with E-state index in [1.54, 1.807) is 6.07 Å². The van der Waals surface area contributed by atoms with E-state index < -0.39 is 0 Å². The number of H-pyrrole nitrogens is 1. The summed E-state index contributed by atoms with van der Waals surface area (Å²) in [5.41, 5.74) is 10.3. The Morgan fingerprint density at radius 3 is 2.38 bits per heavy atom. The number of nitrogens with two attached hydrogens (primary N) is 1. The molecule has 0 bridgehead atoms. The monoisotopic (exact) mass is 342 g/mol. The number of carbonyl (C=O) groups is 1. The molecular weight excluding hydrogens is 328 g/mol. The Hall–Kier alpha value is -3.87. The van der Waals surface area contributed by atoms with Crippen molar-refractivity contribution in [3.05, 3.63) is 60.2 Å². The Morgan fingerprint density at radius 2 is 1.58 bits per heavy atom. The first-order chi connectivity index (χ1) is 12.7. The molecule has 0 radical (unpaired) electrons. The molecule has 7 heteroatoms. The van der Waals surface area contributed by atoms with Gasteiger partial charge in [-0.3, -0.25) is 4.79 Å². The number of para-hydroxylation sites is 4. The van der Waals surface area contributed by atoms with Crippen LogP contribution in [0.3, 0.4) is 0 Å². The fraction of sp³-hybridized carbons (Fsp3) is 0. The van der Waals surface area contributed by atoms with Gasteiger partial charge >= 0.3 is 0 Å². The maximum Gasteiger partial charge on any atom is 0.259 e. The van der Waals surface area contributed by atoms with Crippen molar-refractivity contribution in [1.29, 1.82) is 0 Å². The van der Waals surface area contributed by atoms with Gasteiger partial charge in [0.2, 0.25) is 0 Å². The molecule has 5 rings (SSSR count). The van der Waals surface area contributed by atoms with Crippen molar-refractivity contribution in [3.8, 4) is 11.4 Å². The number of aromatic amines is 1. The number of carbonyl (C=O) groups excluding carboxylic acids is 1. The molecule has 1 aliphatic heterocycles. The van der Waals surface area contributed by atoms with E-state index >= 15 is 0 Å². The summed E-state index contributed by atoms with van der Waals surface area (Å²) in [6.07, 6.45) is 0.